The Bertz CT molecular complexity index is 635. The Morgan fingerprint density at radius 1 is 1.37 bits per heavy atom. The lowest BCUT2D eigenvalue weighted by atomic mass is 10.4. The molecule has 0 aliphatic rings. The fourth-order valence-corrected chi connectivity index (χ4v) is 5.87. The average Bonchev–Trinajstić information content (AvgIpc) is 2.97. The number of rotatable bonds is 6. The van der Waals surface area contributed by atoms with E-state index < -0.39 is 10.0 Å². The van der Waals surface area contributed by atoms with E-state index in [2.05, 4.69) is 26.0 Å². The van der Waals surface area contributed by atoms with E-state index in [4.69, 9.17) is 0 Å². The van der Waals surface area contributed by atoms with Gasteiger partial charge in [0.25, 0.3) is 0 Å². The minimum absolute atomic E-state index is 0.304. The Hall–Kier alpha value is -0.250. The van der Waals surface area contributed by atoms with Crippen LogP contribution in [0.5, 0.6) is 0 Å². The van der Waals surface area contributed by atoms with Gasteiger partial charge in [-0.05, 0) is 51.4 Å². The number of halogens is 1. The first-order chi connectivity index (χ1) is 9.03. The highest BCUT2D eigenvalue weighted by Gasteiger charge is 2.20. The zero-order valence-corrected chi connectivity index (χ0v) is 14.2. The van der Waals surface area contributed by atoms with Crippen molar-refractivity contribution in [2.45, 2.75) is 18.0 Å². The molecule has 0 aromatic carbocycles. The molecule has 0 unspecified atom stereocenters. The van der Waals surface area contributed by atoms with Gasteiger partial charge < -0.3 is 5.32 Å². The van der Waals surface area contributed by atoms with Gasteiger partial charge in [-0.2, -0.15) is 11.3 Å². The highest BCUT2D eigenvalue weighted by Crippen LogP contribution is 2.31. The summed E-state index contributed by atoms with van der Waals surface area (Å²) in [6.07, 6.45) is 0. The second-order valence-corrected chi connectivity index (χ2v) is 8.81. The van der Waals surface area contributed by atoms with Gasteiger partial charge in [0.15, 0.2) is 0 Å². The molecule has 19 heavy (non-hydrogen) atoms. The maximum atomic E-state index is 12.2. The van der Waals surface area contributed by atoms with Gasteiger partial charge in [-0.3, -0.25) is 0 Å². The molecule has 0 fully saturated rings. The van der Waals surface area contributed by atoms with Crippen LogP contribution in [0.15, 0.2) is 31.6 Å². The molecular weight excluding hydrogens is 368 g/mol. The van der Waals surface area contributed by atoms with Crippen LogP contribution in [0.3, 0.4) is 0 Å². The Labute approximate surface area is 129 Å². The fraction of sp³-hybridized carbons (Fsp3) is 0.273. The monoisotopic (exact) mass is 380 g/mol. The summed E-state index contributed by atoms with van der Waals surface area (Å²) in [5.41, 5.74) is 0.968. The first kappa shape index (κ1) is 15.1. The van der Waals surface area contributed by atoms with Crippen LogP contribution >= 0.6 is 38.6 Å². The Kier molecular flexibility index (Phi) is 5.15. The lowest BCUT2D eigenvalue weighted by Gasteiger charge is -2.04. The molecule has 0 aliphatic heterocycles. The van der Waals surface area contributed by atoms with E-state index in [1.807, 2.05) is 23.9 Å². The molecule has 0 saturated carbocycles. The summed E-state index contributed by atoms with van der Waals surface area (Å²) in [7, 11) is -1.64. The minimum atomic E-state index is -3.47. The topological polar surface area (TPSA) is 58.2 Å². The van der Waals surface area contributed by atoms with Gasteiger partial charge in [0.05, 0.1) is 3.79 Å². The van der Waals surface area contributed by atoms with Crippen LogP contribution in [-0.4, -0.2) is 15.5 Å². The van der Waals surface area contributed by atoms with E-state index in [9.17, 15) is 8.42 Å². The molecule has 104 valence electrons. The standard InChI is InChI=1S/C11H13BrN2O2S3/c1-13-6-9-4-10(11(12)18-9)19(15,16)14-5-8-2-3-17-7-8/h2-4,7,13-14H,5-6H2,1H3. The highest BCUT2D eigenvalue weighted by molar-refractivity contribution is 9.11. The molecule has 0 saturated heterocycles. The molecule has 0 amide bonds. The fourth-order valence-electron chi connectivity index (χ4n) is 1.49. The first-order valence-electron chi connectivity index (χ1n) is 5.46. The Morgan fingerprint density at radius 3 is 2.79 bits per heavy atom. The number of sulfonamides is 1. The van der Waals surface area contributed by atoms with E-state index in [0.717, 1.165) is 10.4 Å². The Balaban J connectivity index is 2.14. The molecule has 8 heteroatoms. The van der Waals surface area contributed by atoms with Crippen molar-refractivity contribution in [2.75, 3.05) is 7.05 Å². The van der Waals surface area contributed by atoms with Crippen molar-refractivity contribution in [3.05, 3.63) is 37.1 Å². The van der Waals surface area contributed by atoms with E-state index in [-0.39, 0.29) is 0 Å². The summed E-state index contributed by atoms with van der Waals surface area (Å²) in [5.74, 6) is 0. The van der Waals surface area contributed by atoms with E-state index in [1.54, 1.807) is 17.4 Å². The molecule has 2 rings (SSSR count). The van der Waals surface area contributed by atoms with Crippen molar-refractivity contribution in [3.63, 3.8) is 0 Å². The smallest absolute Gasteiger partial charge is 0.242 e. The summed E-state index contributed by atoms with van der Waals surface area (Å²) in [5, 5.41) is 6.86. The summed E-state index contributed by atoms with van der Waals surface area (Å²) >= 11 is 6.29. The van der Waals surface area contributed by atoms with Crippen LogP contribution in [0, 0.1) is 0 Å². The van der Waals surface area contributed by atoms with Crippen LogP contribution in [0.1, 0.15) is 10.4 Å². The van der Waals surface area contributed by atoms with Gasteiger partial charge >= 0.3 is 0 Å². The molecular formula is C11H13BrN2O2S3. The largest absolute Gasteiger partial charge is 0.315 e. The molecule has 0 radical (unpaired) electrons. The third-order valence-electron chi connectivity index (χ3n) is 2.39. The van der Waals surface area contributed by atoms with Gasteiger partial charge in [0.2, 0.25) is 10.0 Å². The summed E-state index contributed by atoms with van der Waals surface area (Å²) in [6, 6.07) is 3.60. The lowest BCUT2D eigenvalue weighted by molar-refractivity contribution is 0.581. The second kappa shape index (κ2) is 6.47. The second-order valence-electron chi connectivity index (χ2n) is 3.84. The number of thiophene rings is 2. The molecule has 0 bridgehead atoms. The van der Waals surface area contributed by atoms with Crippen molar-refractivity contribution in [1.82, 2.24) is 10.0 Å². The van der Waals surface area contributed by atoms with Gasteiger partial charge in [-0.1, -0.05) is 0 Å². The van der Waals surface area contributed by atoms with Crippen molar-refractivity contribution in [2.24, 2.45) is 0 Å². The van der Waals surface area contributed by atoms with Crippen molar-refractivity contribution in [1.29, 1.82) is 0 Å². The normalized spacial score (nSPS) is 11.9. The zero-order chi connectivity index (χ0) is 13.9. The first-order valence-corrected chi connectivity index (χ1v) is 9.50. The average molecular weight is 381 g/mol. The molecule has 2 aromatic rings. The van der Waals surface area contributed by atoms with Gasteiger partial charge in [0.1, 0.15) is 4.90 Å². The third kappa shape index (κ3) is 3.87. The quantitative estimate of drug-likeness (QED) is 0.809. The SMILES string of the molecule is CNCc1cc(S(=O)(=O)NCc2ccsc2)c(Br)s1. The van der Waals surface area contributed by atoms with E-state index >= 15 is 0 Å². The maximum Gasteiger partial charge on any atom is 0.242 e. The van der Waals surface area contributed by atoms with Crippen molar-refractivity contribution in [3.8, 4) is 0 Å². The van der Waals surface area contributed by atoms with Crippen LogP contribution in [0.2, 0.25) is 0 Å². The number of nitrogens with one attached hydrogen (secondary N) is 2. The van der Waals surface area contributed by atoms with E-state index in [1.165, 1.54) is 11.3 Å². The third-order valence-corrected chi connectivity index (χ3v) is 6.78. The molecule has 0 aliphatic carbocycles. The molecule has 2 aromatic heterocycles. The van der Waals surface area contributed by atoms with Crippen LogP contribution < -0.4 is 10.0 Å². The number of hydrogen-bond donors (Lipinski definition) is 2. The van der Waals surface area contributed by atoms with Gasteiger partial charge in [0, 0.05) is 18.0 Å². The summed E-state index contributed by atoms with van der Waals surface area (Å²) < 4.78 is 27.7. The molecule has 0 atom stereocenters. The Morgan fingerprint density at radius 2 is 2.16 bits per heavy atom. The lowest BCUT2D eigenvalue weighted by Crippen LogP contribution is -2.22. The minimum Gasteiger partial charge on any atom is -0.315 e. The van der Waals surface area contributed by atoms with Gasteiger partial charge in [-0.25, -0.2) is 13.1 Å². The summed E-state index contributed by atoms with van der Waals surface area (Å²) in [4.78, 5) is 1.28. The summed E-state index contributed by atoms with van der Waals surface area (Å²) in [6.45, 7) is 0.971. The molecule has 0 spiro atoms. The predicted octanol–water partition coefficient (Wildman–Crippen LogP) is 2.77. The highest BCUT2D eigenvalue weighted by atomic mass is 79.9. The van der Waals surface area contributed by atoms with Crippen LogP contribution in [-0.2, 0) is 23.1 Å². The zero-order valence-electron chi connectivity index (χ0n) is 10.1. The van der Waals surface area contributed by atoms with Crippen LogP contribution in [0.25, 0.3) is 0 Å². The molecule has 4 nitrogen and oxygen atoms in total. The van der Waals surface area contributed by atoms with Crippen molar-refractivity contribution < 1.29 is 8.42 Å². The maximum absolute atomic E-state index is 12.2. The number of hydrogen-bond acceptors (Lipinski definition) is 5. The predicted molar refractivity (Wildman–Crippen MR) is 83.1 cm³/mol. The van der Waals surface area contributed by atoms with Gasteiger partial charge in [-0.15, -0.1) is 11.3 Å². The van der Waals surface area contributed by atoms with Crippen LogP contribution in [0.4, 0.5) is 0 Å². The van der Waals surface area contributed by atoms with E-state index in [0.29, 0.717) is 21.8 Å². The molecule has 2 heterocycles. The van der Waals surface area contributed by atoms with Crippen molar-refractivity contribution >= 4 is 48.6 Å². The molecule has 2 N–H and O–H groups in total.